The van der Waals surface area contributed by atoms with Crippen LogP contribution in [0.1, 0.15) is 12.6 Å². The van der Waals surface area contributed by atoms with Gasteiger partial charge in [0.15, 0.2) is 0 Å². The average molecular weight is 143 g/mol. The second-order valence-corrected chi connectivity index (χ2v) is 2.76. The Hall–Kier alpha value is -0.280. The topological polar surface area (TPSA) is 12.9 Å². The summed E-state index contributed by atoms with van der Waals surface area (Å²) in [7, 11) is 0. The van der Waals surface area contributed by atoms with Gasteiger partial charge in [0.25, 0.3) is 0 Å². The van der Waals surface area contributed by atoms with Crippen molar-refractivity contribution in [3.05, 3.63) is 16.6 Å². The third-order valence-corrected chi connectivity index (χ3v) is 1.59. The highest BCUT2D eigenvalue weighted by atomic mass is 32.1. The van der Waals surface area contributed by atoms with E-state index in [1.165, 1.54) is 0 Å². The third-order valence-electron chi connectivity index (χ3n) is 0.793. The Labute approximate surface area is 57.4 Å². The Morgan fingerprint density at radius 2 is 2.62 bits per heavy atom. The molecule has 0 aliphatic heterocycles. The minimum atomic E-state index is 0.867. The molecule has 0 aliphatic carbocycles. The van der Waals surface area contributed by atoms with Gasteiger partial charge in [-0.05, 0) is 6.92 Å². The number of rotatable bonds is 1. The molecular formula is C5H5NS2. The fraction of sp³-hybridized carbons (Fsp3) is 0.200. The maximum atomic E-state index is 4.86. The van der Waals surface area contributed by atoms with E-state index >= 15 is 0 Å². The van der Waals surface area contributed by atoms with Crippen LogP contribution in [0, 0.1) is 0 Å². The Kier molecular flexibility index (Phi) is 1.70. The van der Waals surface area contributed by atoms with Crippen molar-refractivity contribution in [2.75, 3.05) is 0 Å². The predicted octanol–water partition coefficient (Wildman–Crippen LogP) is 1.88. The summed E-state index contributed by atoms with van der Waals surface area (Å²) < 4.78 is 0. The molecule has 0 atom stereocenters. The van der Waals surface area contributed by atoms with Crippen LogP contribution < -0.4 is 0 Å². The Balaban J connectivity index is 2.93. The molecule has 0 spiro atoms. The van der Waals surface area contributed by atoms with Crippen molar-refractivity contribution in [3.63, 3.8) is 0 Å². The molecule has 1 aromatic rings. The van der Waals surface area contributed by atoms with Gasteiger partial charge in [-0.25, -0.2) is 4.98 Å². The van der Waals surface area contributed by atoms with E-state index in [1.54, 1.807) is 16.8 Å². The first-order valence-electron chi connectivity index (χ1n) is 2.20. The highest BCUT2D eigenvalue weighted by Crippen LogP contribution is 2.01. The van der Waals surface area contributed by atoms with Gasteiger partial charge in [0.2, 0.25) is 0 Å². The highest BCUT2D eigenvalue weighted by molar-refractivity contribution is 7.80. The molecule has 0 saturated carbocycles. The standard InChI is InChI=1S/C5H5NS2/c1-4(7)5-2-8-3-6-5/h2-3H,1H3. The van der Waals surface area contributed by atoms with E-state index in [9.17, 15) is 0 Å². The SMILES string of the molecule is CC(=S)c1cscn1. The normalized spacial score (nSPS) is 9.12. The Bertz CT molecular complexity index is 178. The number of thiazole rings is 1. The number of hydrogen-bond donors (Lipinski definition) is 0. The van der Waals surface area contributed by atoms with Crippen LogP contribution in [-0.2, 0) is 0 Å². The van der Waals surface area contributed by atoms with Gasteiger partial charge in [0.05, 0.1) is 11.2 Å². The van der Waals surface area contributed by atoms with Crippen LogP contribution >= 0.6 is 23.6 Å². The molecule has 1 rings (SSSR count). The zero-order valence-corrected chi connectivity index (χ0v) is 6.05. The maximum Gasteiger partial charge on any atom is 0.0875 e. The van der Waals surface area contributed by atoms with Gasteiger partial charge in [-0.3, -0.25) is 0 Å². The summed E-state index contributed by atoms with van der Waals surface area (Å²) >= 11 is 6.43. The lowest BCUT2D eigenvalue weighted by atomic mass is 10.4. The first-order valence-corrected chi connectivity index (χ1v) is 3.55. The van der Waals surface area contributed by atoms with Crippen molar-refractivity contribution in [1.82, 2.24) is 4.98 Å². The summed E-state index contributed by atoms with van der Waals surface area (Å²) in [4.78, 5) is 4.86. The fourth-order valence-electron chi connectivity index (χ4n) is 0.386. The van der Waals surface area contributed by atoms with Gasteiger partial charge in [-0.2, -0.15) is 0 Å². The first kappa shape index (κ1) is 5.85. The first-order chi connectivity index (χ1) is 3.80. The second-order valence-electron chi connectivity index (χ2n) is 1.43. The molecule has 0 aromatic carbocycles. The highest BCUT2D eigenvalue weighted by Gasteiger charge is 1.92. The number of thiocarbonyl (C=S) groups is 1. The minimum absolute atomic E-state index is 0.867. The fourth-order valence-corrected chi connectivity index (χ4v) is 1.17. The lowest BCUT2D eigenvalue weighted by Gasteiger charge is -1.82. The monoisotopic (exact) mass is 143 g/mol. The Morgan fingerprint density at radius 1 is 1.88 bits per heavy atom. The zero-order chi connectivity index (χ0) is 5.98. The van der Waals surface area contributed by atoms with Crippen LogP contribution in [0.4, 0.5) is 0 Å². The summed E-state index contributed by atoms with van der Waals surface area (Å²) in [5.41, 5.74) is 2.72. The molecule has 0 bridgehead atoms. The molecule has 0 N–H and O–H groups in total. The van der Waals surface area contributed by atoms with Crippen LogP contribution in [0.15, 0.2) is 10.9 Å². The van der Waals surface area contributed by atoms with Crippen LogP contribution in [0.2, 0.25) is 0 Å². The molecule has 0 amide bonds. The van der Waals surface area contributed by atoms with Crippen molar-refractivity contribution >= 4 is 28.4 Å². The van der Waals surface area contributed by atoms with Crippen LogP contribution in [0.3, 0.4) is 0 Å². The van der Waals surface area contributed by atoms with Gasteiger partial charge in [-0.15, -0.1) is 11.3 Å². The van der Waals surface area contributed by atoms with Crippen molar-refractivity contribution in [2.45, 2.75) is 6.92 Å². The third kappa shape index (κ3) is 1.11. The molecule has 3 heteroatoms. The molecule has 0 radical (unpaired) electrons. The maximum absolute atomic E-state index is 4.86. The molecule has 1 aromatic heterocycles. The van der Waals surface area contributed by atoms with E-state index < -0.39 is 0 Å². The predicted molar refractivity (Wildman–Crippen MR) is 39.5 cm³/mol. The number of nitrogens with zero attached hydrogens (tertiary/aromatic N) is 1. The second kappa shape index (κ2) is 2.33. The molecule has 0 fully saturated rings. The van der Waals surface area contributed by atoms with Crippen molar-refractivity contribution in [2.24, 2.45) is 0 Å². The summed E-state index contributed by atoms with van der Waals surface area (Å²) in [5, 5.41) is 1.95. The van der Waals surface area contributed by atoms with Crippen LogP contribution in [0.25, 0.3) is 0 Å². The average Bonchev–Trinajstić information content (AvgIpc) is 2.12. The number of aromatic nitrogens is 1. The quantitative estimate of drug-likeness (QED) is 0.440. The van der Waals surface area contributed by atoms with Crippen molar-refractivity contribution in [1.29, 1.82) is 0 Å². The van der Waals surface area contributed by atoms with Crippen molar-refractivity contribution in [3.8, 4) is 0 Å². The minimum Gasteiger partial charge on any atom is -0.244 e. The van der Waals surface area contributed by atoms with Crippen LogP contribution in [-0.4, -0.2) is 9.85 Å². The van der Waals surface area contributed by atoms with E-state index in [0.29, 0.717) is 0 Å². The van der Waals surface area contributed by atoms with E-state index in [4.69, 9.17) is 12.2 Å². The van der Waals surface area contributed by atoms with E-state index in [0.717, 1.165) is 10.6 Å². The van der Waals surface area contributed by atoms with Gasteiger partial charge in [-0.1, -0.05) is 12.2 Å². The lowest BCUT2D eigenvalue weighted by Crippen LogP contribution is -1.87. The van der Waals surface area contributed by atoms with E-state index in [1.807, 2.05) is 12.3 Å². The molecule has 0 unspecified atom stereocenters. The molecule has 0 aliphatic rings. The largest absolute Gasteiger partial charge is 0.244 e. The van der Waals surface area contributed by atoms with Gasteiger partial charge < -0.3 is 0 Å². The van der Waals surface area contributed by atoms with Crippen LogP contribution in [0.5, 0.6) is 0 Å². The van der Waals surface area contributed by atoms with Gasteiger partial charge in [0, 0.05) is 10.2 Å². The molecule has 1 heterocycles. The summed E-state index contributed by atoms with van der Waals surface area (Å²) in [6.45, 7) is 1.88. The molecular weight excluding hydrogens is 138 g/mol. The summed E-state index contributed by atoms with van der Waals surface area (Å²) in [5.74, 6) is 0. The zero-order valence-electron chi connectivity index (χ0n) is 4.42. The van der Waals surface area contributed by atoms with Crippen molar-refractivity contribution < 1.29 is 0 Å². The van der Waals surface area contributed by atoms with E-state index in [2.05, 4.69) is 4.98 Å². The molecule has 8 heavy (non-hydrogen) atoms. The summed E-state index contributed by atoms with van der Waals surface area (Å²) in [6, 6.07) is 0. The Morgan fingerprint density at radius 3 is 2.88 bits per heavy atom. The summed E-state index contributed by atoms with van der Waals surface area (Å²) in [6.07, 6.45) is 0. The molecule has 1 nitrogen and oxygen atoms in total. The lowest BCUT2D eigenvalue weighted by molar-refractivity contribution is 1.39. The smallest absolute Gasteiger partial charge is 0.0875 e. The van der Waals surface area contributed by atoms with Gasteiger partial charge in [0.1, 0.15) is 0 Å². The van der Waals surface area contributed by atoms with E-state index in [-0.39, 0.29) is 0 Å². The van der Waals surface area contributed by atoms with Gasteiger partial charge >= 0.3 is 0 Å². The number of hydrogen-bond acceptors (Lipinski definition) is 3. The molecule has 0 saturated heterocycles. The molecule has 42 valence electrons.